The fourth-order valence-corrected chi connectivity index (χ4v) is 3.71. The summed E-state index contributed by atoms with van der Waals surface area (Å²) in [7, 11) is 0. The van der Waals surface area contributed by atoms with Crippen LogP contribution in [0.2, 0.25) is 0 Å². The number of amides is 1. The maximum atomic E-state index is 12.6. The van der Waals surface area contributed by atoms with Crippen LogP contribution in [0.5, 0.6) is 5.75 Å². The molecule has 128 valence electrons. The zero-order chi connectivity index (χ0) is 16.0. The van der Waals surface area contributed by atoms with Crippen LogP contribution >= 0.6 is 12.4 Å². The van der Waals surface area contributed by atoms with Gasteiger partial charge in [0.2, 0.25) is 5.91 Å². The molecule has 1 aliphatic heterocycles. The number of nitrogens with one attached hydrogen (secondary N) is 1. The third kappa shape index (κ3) is 3.81. The molecule has 1 aromatic carbocycles. The molecule has 0 bridgehead atoms. The van der Waals surface area contributed by atoms with Crippen molar-refractivity contribution < 1.29 is 9.53 Å². The number of halogens is 1. The first kappa shape index (κ1) is 18.1. The standard InChI is InChI=1S/C18H26N2O2.ClH/c1-17(2)11-12-10-13(7-8-15(12)22-17)20-16(21)14-6-4-5-9-18(14,3)19;/h7-8,10,14H,4-6,9,11,19H2,1-3H3,(H,20,21);1H. The van der Waals surface area contributed by atoms with Gasteiger partial charge in [-0.3, -0.25) is 4.79 Å². The number of benzene rings is 1. The van der Waals surface area contributed by atoms with Gasteiger partial charge in [-0.05, 0) is 51.8 Å². The highest BCUT2D eigenvalue weighted by Gasteiger charge is 2.38. The van der Waals surface area contributed by atoms with Crippen molar-refractivity contribution in [3.05, 3.63) is 23.8 Å². The van der Waals surface area contributed by atoms with Gasteiger partial charge in [-0.1, -0.05) is 12.8 Å². The zero-order valence-electron chi connectivity index (χ0n) is 14.1. The lowest BCUT2D eigenvalue weighted by Gasteiger charge is -2.37. The molecule has 2 unspecified atom stereocenters. The van der Waals surface area contributed by atoms with Crippen LogP contribution in [0.1, 0.15) is 52.0 Å². The lowest BCUT2D eigenvalue weighted by Crippen LogP contribution is -2.51. The Bertz CT molecular complexity index is 599. The normalized spacial score (nSPS) is 28.3. The predicted molar refractivity (Wildman–Crippen MR) is 95.3 cm³/mol. The molecule has 1 aromatic rings. The number of ether oxygens (including phenoxy) is 1. The summed E-state index contributed by atoms with van der Waals surface area (Å²) in [6.07, 6.45) is 4.85. The molecule has 1 aliphatic carbocycles. The highest BCUT2D eigenvalue weighted by molar-refractivity contribution is 5.93. The van der Waals surface area contributed by atoms with Crippen molar-refractivity contribution in [2.24, 2.45) is 11.7 Å². The Hall–Kier alpha value is -1.26. The maximum absolute atomic E-state index is 12.6. The quantitative estimate of drug-likeness (QED) is 0.864. The van der Waals surface area contributed by atoms with Crippen molar-refractivity contribution in [1.29, 1.82) is 0 Å². The van der Waals surface area contributed by atoms with E-state index in [9.17, 15) is 4.79 Å². The molecule has 1 saturated carbocycles. The second kappa shape index (κ2) is 6.33. The van der Waals surface area contributed by atoms with E-state index in [0.717, 1.165) is 49.1 Å². The van der Waals surface area contributed by atoms with Gasteiger partial charge in [-0.2, -0.15) is 0 Å². The molecule has 4 nitrogen and oxygen atoms in total. The van der Waals surface area contributed by atoms with Crippen molar-refractivity contribution in [2.45, 2.75) is 64.0 Å². The van der Waals surface area contributed by atoms with E-state index in [2.05, 4.69) is 19.2 Å². The van der Waals surface area contributed by atoms with Crippen molar-refractivity contribution in [1.82, 2.24) is 0 Å². The smallest absolute Gasteiger partial charge is 0.229 e. The van der Waals surface area contributed by atoms with E-state index in [1.807, 2.05) is 25.1 Å². The van der Waals surface area contributed by atoms with Crippen LogP contribution < -0.4 is 15.8 Å². The number of hydrogen-bond donors (Lipinski definition) is 2. The first-order chi connectivity index (χ1) is 10.3. The minimum Gasteiger partial charge on any atom is -0.487 e. The average Bonchev–Trinajstić information content (AvgIpc) is 2.71. The van der Waals surface area contributed by atoms with Gasteiger partial charge in [0.05, 0.1) is 5.92 Å². The van der Waals surface area contributed by atoms with Crippen molar-refractivity contribution >= 4 is 24.0 Å². The molecule has 1 amide bonds. The molecule has 5 heteroatoms. The van der Waals surface area contributed by atoms with Gasteiger partial charge in [0.1, 0.15) is 11.4 Å². The summed E-state index contributed by atoms with van der Waals surface area (Å²) in [5.41, 5.74) is 7.75. The van der Waals surface area contributed by atoms with Crippen LogP contribution in [-0.4, -0.2) is 17.0 Å². The van der Waals surface area contributed by atoms with E-state index in [0.29, 0.717) is 0 Å². The maximum Gasteiger partial charge on any atom is 0.229 e. The second-order valence-electron chi connectivity index (χ2n) is 7.65. The summed E-state index contributed by atoms with van der Waals surface area (Å²) in [6, 6.07) is 5.88. The Morgan fingerprint density at radius 3 is 2.74 bits per heavy atom. The lowest BCUT2D eigenvalue weighted by molar-refractivity contribution is -0.122. The molecule has 0 radical (unpaired) electrons. The van der Waals surface area contributed by atoms with Gasteiger partial charge < -0.3 is 15.8 Å². The van der Waals surface area contributed by atoms with Crippen LogP contribution in [0.3, 0.4) is 0 Å². The molecule has 3 N–H and O–H groups in total. The Morgan fingerprint density at radius 2 is 2.04 bits per heavy atom. The Kier molecular flexibility index (Phi) is 4.97. The molecule has 2 atom stereocenters. The van der Waals surface area contributed by atoms with Crippen molar-refractivity contribution in [3.63, 3.8) is 0 Å². The first-order valence-electron chi connectivity index (χ1n) is 8.19. The highest BCUT2D eigenvalue weighted by atomic mass is 35.5. The molecule has 1 fully saturated rings. The molecular formula is C18H27ClN2O2. The topological polar surface area (TPSA) is 64.4 Å². The third-order valence-corrected chi connectivity index (χ3v) is 4.90. The summed E-state index contributed by atoms with van der Waals surface area (Å²) in [5, 5.41) is 3.05. The van der Waals surface area contributed by atoms with Crippen LogP contribution in [0.25, 0.3) is 0 Å². The molecule has 0 spiro atoms. The molecular weight excluding hydrogens is 312 g/mol. The van der Waals surface area contributed by atoms with Gasteiger partial charge in [-0.25, -0.2) is 0 Å². The summed E-state index contributed by atoms with van der Waals surface area (Å²) < 4.78 is 5.87. The minimum atomic E-state index is -0.399. The molecule has 23 heavy (non-hydrogen) atoms. The summed E-state index contributed by atoms with van der Waals surface area (Å²) >= 11 is 0. The molecule has 1 heterocycles. The van der Waals surface area contributed by atoms with E-state index < -0.39 is 5.54 Å². The number of carbonyl (C=O) groups excluding carboxylic acids is 1. The van der Waals surface area contributed by atoms with E-state index in [1.165, 1.54) is 0 Å². The van der Waals surface area contributed by atoms with Crippen LogP contribution in [-0.2, 0) is 11.2 Å². The minimum absolute atomic E-state index is 0. The number of anilines is 1. The predicted octanol–water partition coefficient (Wildman–Crippen LogP) is 3.67. The number of hydrogen-bond acceptors (Lipinski definition) is 3. The Morgan fingerprint density at radius 1 is 1.30 bits per heavy atom. The van der Waals surface area contributed by atoms with Gasteiger partial charge in [-0.15, -0.1) is 12.4 Å². The van der Waals surface area contributed by atoms with E-state index in [1.54, 1.807) is 0 Å². The second-order valence-corrected chi connectivity index (χ2v) is 7.65. The van der Waals surface area contributed by atoms with E-state index >= 15 is 0 Å². The average molecular weight is 339 g/mol. The number of nitrogens with two attached hydrogens (primary N) is 1. The SMILES string of the molecule is CC1(C)Cc2cc(NC(=O)C3CCCCC3(C)N)ccc2O1.Cl. The number of carbonyl (C=O) groups is 1. The van der Waals surface area contributed by atoms with Crippen LogP contribution in [0, 0.1) is 5.92 Å². The molecule has 0 saturated heterocycles. The van der Waals surface area contributed by atoms with E-state index in [-0.39, 0.29) is 29.8 Å². The fourth-order valence-electron chi connectivity index (χ4n) is 3.71. The summed E-state index contributed by atoms with van der Waals surface area (Å²) in [6.45, 7) is 6.15. The summed E-state index contributed by atoms with van der Waals surface area (Å²) in [4.78, 5) is 12.6. The Labute approximate surface area is 144 Å². The van der Waals surface area contributed by atoms with Crippen molar-refractivity contribution in [2.75, 3.05) is 5.32 Å². The lowest BCUT2D eigenvalue weighted by atomic mass is 9.74. The monoisotopic (exact) mass is 338 g/mol. The third-order valence-electron chi connectivity index (χ3n) is 4.90. The highest BCUT2D eigenvalue weighted by Crippen LogP contribution is 2.37. The molecule has 0 aromatic heterocycles. The fraction of sp³-hybridized carbons (Fsp3) is 0.611. The first-order valence-corrected chi connectivity index (χ1v) is 8.19. The zero-order valence-corrected chi connectivity index (χ0v) is 15.0. The van der Waals surface area contributed by atoms with Crippen LogP contribution in [0.15, 0.2) is 18.2 Å². The Balaban J connectivity index is 0.00000192. The van der Waals surface area contributed by atoms with Gasteiger partial charge in [0, 0.05) is 23.2 Å². The van der Waals surface area contributed by atoms with Crippen LogP contribution in [0.4, 0.5) is 5.69 Å². The van der Waals surface area contributed by atoms with Crippen molar-refractivity contribution in [3.8, 4) is 5.75 Å². The number of fused-ring (bicyclic) bond motifs is 1. The van der Waals surface area contributed by atoms with Gasteiger partial charge >= 0.3 is 0 Å². The van der Waals surface area contributed by atoms with E-state index in [4.69, 9.17) is 10.5 Å². The molecule has 2 aliphatic rings. The summed E-state index contributed by atoms with van der Waals surface area (Å²) in [5.74, 6) is 0.856. The number of rotatable bonds is 2. The molecule has 3 rings (SSSR count). The van der Waals surface area contributed by atoms with Gasteiger partial charge in [0.25, 0.3) is 0 Å². The van der Waals surface area contributed by atoms with Gasteiger partial charge in [0.15, 0.2) is 0 Å². The largest absolute Gasteiger partial charge is 0.487 e.